The predicted octanol–water partition coefficient (Wildman–Crippen LogP) is 0.725. The van der Waals surface area contributed by atoms with Gasteiger partial charge in [-0.1, -0.05) is 0 Å². The number of ether oxygens (including phenoxy) is 3. The average Bonchev–Trinajstić information content (AvgIpc) is 2.40. The molecule has 0 radical (unpaired) electrons. The number of nitrogens with zero attached hydrogens (tertiary/aromatic N) is 1. The van der Waals surface area contributed by atoms with Crippen molar-refractivity contribution >= 4 is 0 Å². The Balaban J connectivity index is 4.43. The number of hydrogen-bond donors (Lipinski definition) is 1. The number of hydrogen-bond acceptors (Lipinski definition) is 5. The highest BCUT2D eigenvalue weighted by atomic mass is 16.5. The molecule has 5 nitrogen and oxygen atoms in total. The van der Waals surface area contributed by atoms with E-state index < -0.39 is 0 Å². The Morgan fingerprint density at radius 2 is 1.56 bits per heavy atom. The van der Waals surface area contributed by atoms with E-state index >= 15 is 0 Å². The molecule has 0 aliphatic carbocycles. The van der Waals surface area contributed by atoms with E-state index in [9.17, 15) is 0 Å². The molecule has 0 bridgehead atoms. The molecule has 0 aromatic carbocycles. The quantitative estimate of drug-likeness (QED) is 0.525. The second-order valence-corrected chi connectivity index (χ2v) is 4.77. The lowest BCUT2D eigenvalue weighted by Crippen LogP contribution is -2.53. The lowest BCUT2D eigenvalue weighted by Gasteiger charge is -2.40. The topological polar surface area (TPSA) is 57.0 Å². The molecule has 0 aliphatic heterocycles. The van der Waals surface area contributed by atoms with Gasteiger partial charge in [0.2, 0.25) is 0 Å². The van der Waals surface area contributed by atoms with Crippen molar-refractivity contribution in [3.05, 3.63) is 0 Å². The Morgan fingerprint density at radius 1 is 0.944 bits per heavy atom. The minimum Gasteiger partial charge on any atom is -0.385 e. The van der Waals surface area contributed by atoms with E-state index in [2.05, 4.69) is 11.8 Å². The number of nitrogens with two attached hydrogens (primary N) is 1. The second-order valence-electron chi connectivity index (χ2n) is 4.77. The summed E-state index contributed by atoms with van der Waals surface area (Å²) in [6.45, 7) is 6.87. The SMILES string of the molecule is COCCCN(CCOC)C(C)(CN)CCOC. The Hall–Kier alpha value is -0.200. The zero-order valence-corrected chi connectivity index (χ0v) is 12.4. The largest absolute Gasteiger partial charge is 0.385 e. The molecule has 110 valence electrons. The van der Waals surface area contributed by atoms with Gasteiger partial charge in [-0.2, -0.15) is 0 Å². The van der Waals surface area contributed by atoms with Gasteiger partial charge in [-0.3, -0.25) is 4.90 Å². The first kappa shape index (κ1) is 17.8. The van der Waals surface area contributed by atoms with Crippen LogP contribution in [0.5, 0.6) is 0 Å². The molecule has 0 saturated carbocycles. The van der Waals surface area contributed by atoms with Gasteiger partial charge < -0.3 is 19.9 Å². The molecule has 18 heavy (non-hydrogen) atoms. The monoisotopic (exact) mass is 262 g/mol. The van der Waals surface area contributed by atoms with Crippen molar-refractivity contribution in [2.75, 3.05) is 60.8 Å². The van der Waals surface area contributed by atoms with E-state index in [1.807, 2.05) is 0 Å². The lowest BCUT2D eigenvalue weighted by molar-refractivity contribution is 0.0391. The van der Waals surface area contributed by atoms with Crippen molar-refractivity contribution in [2.24, 2.45) is 5.73 Å². The molecule has 0 spiro atoms. The van der Waals surface area contributed by atoms with Gasteiger partial charge in [-0.25, -0.2) is 0 Å². The molecule has 5 heteroatoms. The van der Waals surface area contributed by atoms with Crippen LogP contribution in [-0.4, -0.2) is 71.2 Å². The molecule has 0 rings (SSSR count). The van der Waals surface area contributed by atoms with E-state index in [4.69, 9.17) is 19.9 Å². The van der Waals surface area contributed by atoms with E-state index in [0.717, 1.165) is 45.8 Å². The lowest BCUT2D eigenvalue weighted by atomic mass is 9.95. The van der Waals surface area contributed by atoms with Crippen LogP contribution < -0.4 is 5.73 Å². The van der Waals surface area contributed by atoms with E-state index in [1.54, 1.807) is 21.3 Å². The van der Waals surface area contributed by atoms with Crippen LogP contribution in [0.1, 0.15) is 19.8 Å². The van der Waals surface area contributed by atoms with Crippen molar-refractivity contribution in [3.8, 4) is 0 Å². The first-order valence-electron chi connectivity index (χ1n) is 6.56. The molecule has 1 unspecified atom stereocenters. The molecule has 1 atom stereocenters. The Labute approximate surface area is 112 Å². The maximum atomic E-state index is 5.96. The fraction of sp³-hybridized carbons (Fsp3) is 1.00. The van der Waals surface area contributed by atoms with Gasteiger partial charge in [0, 0.05) is 59.7 Å². The van der Waals surface area contributed by atoms with Gasteiger partial charge in [0.1, 0.15) is 0 Å². The zero-order valence-electron chi connectivity index (χ0n) is 12.4. The zero-order chi connectivity index (χ0) is 13.9. The fourth-order valence-electron chi connectivity index (χ4n) is 1.96. The maximum absolute atomic E-state index is 5.96. The van der Waals surface area contributed by atoms with Crippen LogP contribution in [0.3, 0.4) is 0 Å². The molecule has 0 heterocycles. The maximum Gasteiger partial charge on any atom is 0.0589 e. The minimum atomic E-state index is -0.0394. The summed E-state index contributed by atoms with van der Waals surface area (Å²) in [6, 6.07) is 0. The van der Waals surface area contributed by atoms with Gasteiger partial charge in [-0.05, 0) is 19.8 Å². The van der Waals surface area contributed by atoms with Gasteiger partial charge >= 0.3 is 0 Å². The molecule has 0 fully saturated rings. The van der Waals surface area contributed by atoms with Crippen molar-refractivity contribution in [1.82, 2.24) is 4.90 Å². The molecule has 0 aromatic heterocycles. The third-order valence-corrected chi connectivity index (χ3v) is 3.39. The normalized spacial score (nSPS) is 15.0. The van der Waals surface area contributed by atoms with Crippen LogP contribution in [0.2, 0.25) is 0 Å². The molecule has 2 N–H and O–H groups in total. The summed E-state index contributed by atoms with van der Waals surface area (Å²) in [4.78, 5) is 2.38. The first-order chi connectivity index (χ1) is 8.64. The highest BCUT2D eigenvalue weighted by Crippen LogP contribution is 2.18. The van der Waals surface area contributed by atoms with Crippen LogP contribution in [0.15, 0.2) is 0 Å². The molecule has 0 aliphatic rings. The smallest absolute Gasteiger partial charge is 0.0589 e. The summed E-state index contributed by atoms with van der Waals surface area (Å²) in [7, 11) is 5.18. The third-order valence-electron chi connectivity index (χ3n) is 3.39. The van der Waals surface area contributed by atoms with E-state index in [-0.39, 0.29) is 5.54 Å². The standard InChI is InChI=1S/C13H30N2O3/c1-13(12-14,6-10-17-3)15(8-11-18-4)7-5-9-16-2/h5-12,14H2,1-4H3. The Kier molecular flexibility index (Phi) is 10.6. The van der Waals surface area contributed by atoms with Crippen molar-refractivity contribution in [2.45, 2.75) is 25.3 Å². The summed E-state index contributed by atoms with van der Waals surface area (Å²) in [5, 5.41) is 0. The van der Waals surface area contributed by atoms with Crippen LogP contribution >= 0.6 is 0 Å². The van der Waals surface area contributed by atoms with Crippen molar-refractivity contribution in [1.29, 1.82) is 0 Å². The predicted molar refractivity (Wildman–Crippen MR) is 73.9 cm³/mol. The number of rotatable bonds is 12. The summed E-state index contributed by atoms with van der Waals surface area (Å²) in [5.74, 6) is 0. The van der Waals surface area contributed by atoms with Crippen LogP contribution in [0.4, 0.5) is 0 Å². The van der Waals surface area contributed by atoms with E-state index in [1.165, 1.54) is 0 Å². The number of methoxy groups -OCH3 is 3. The van der Waals surface area contributed by atoms with Gasteiger partial charge in [0.15, 0.2) is 0 Å². The summed E-state index contributed by atoms with van der Waals surface area (Å²) in [5.41, 5.74) is 5.92. The first-order valence-corrected chi connectivity index (χ1v) is 6.56. The average molecular weight is 262 g/mol. The van der Waals surface area contributed by atoms with Crippen molar-refractivity contribution < 1.29 is 14.2 Å². The van der Waals surface area contributed by atoms with Gasteiger partial charge in [0.25, 0.3) is 0 Å². The fourth-order valence-corrected chi connectivity index (χ4v) is 1.96. The van der Waals surface area contributed by atoms with Crippen LogP contribution in [0.25, 0.3) is 0 Å². The Bertz CT molecular complexity index is 193. The van der Waals surface area contributed by atoms with Crippen LogP contribution in [-0.2, 0) is 14.2 Å². The molecular weight excluding hydrogens is 232 g/mol. The summed E-state index contributed by atoms with van der Waals surface area (Å²) < 4.78 is 15.5. The Morgan fingerprint density at radius 3 is 2.06 bits per heavy atom. The summed E-state index contributed by atoms with van der Waals surface area (Å²) in [6.07, 6.45) is 1.93. The van der Waals surface area contributed by atoms with Crippen molar-refractivity contribution in [3.63, 3.8) is 0 Å². The molecule has 0 saturated heterocycles. The minimum absolute atomic E-state index is 0.0394. The second kappa shape index (κ2) is 10.7. The van der Waals surface area contributed by atoms with Crippen LogP contribution in [0, 0.1) is 0 Å². The highest BCUT2D eigenvalue weighted by Gasteiger charge is 2.29. The van der Waals surface area contributed by atoms with E-state index in [0.29, 0.717) is 6.54 Å². The third kappa shape index (κ3) is 6.66. The molecule has 0 aromatic rings. The summed E-state index contributed by atoms with van der Waals surface area (Å²) >= 11 is 0. The van der Waals surface area contributed by atoms with Gasteiger partial charge in [-0.15, -0.1) is 0 Å². The molecular formula is C13H30N2O3. The van der Waals surface area contributed by atoms with Gasteiger partial charge in [0.05, 0.1) is 6.61 Å². The highest BCUT2D eigenvalue weighted by molar-refractivity contribution is 4.87. The molecule has 0 amide bonds.